The van der Waals surface area contributed by atoms with Crippen LogP contribution < -0.4 is 0 Å². The summed E-state index contributed by atoms with van der Waals surface area (Å²) in [5.41, 5.74) is 1.41. The lowest BCUT2D eigenvalue weighted by atomic mass is 10.3. The lowest BCUT2D eigenvalue weighted by Gasteiger charge is -1.92. The van der Waals surface area contributed by atoms with Crippen LogP contribution in [0.2, 0.25) is 0 Å². The first-order chi connectivity index (χ1) is 3.80. The van der Waals surface area contributed by atoms with Crippen LogP contribution in [0.4, 0.5) is 0 Å². The molecular weight excluding hydrogens is 115 g/mol. The molecule has 1 rings (SSSR count). The van der Waals surface area contributed by atoms with Gasteiger partial charge >= 0.3 is 0 Å². The number of hydrogen-bond acceptors (Lipinski definition) is 0. The molecule has 42 valence electrons. The van der Waals surface area contributed by atoms with Crippen molar-refractivity contribution in [1.29, 1.82) is 0 Å². The molecule has 0 aliphatic carbocycles. The Morgan fingerprint density at radius 3 is 2.50 bits per heavy atom. The molecule has 0 nitrogen and oxygen atoms in total. The molecule has 0 atom stereocenters. The summed E-state index contributed by atoms with van der Waals surface area (Å²) in [5, 5.41) is 1.47. The lowest BCUT2D eigenvalue weighted by Crippen LogP contribution is -1.69. The summed E-state index contributed by atoms with van der Waals surface area (Å²) >= 11 is 0. The molecule has 1 heteroatoms. The Labute approximate surface area is 51.7 Å². The summed E-state index contributed by atoms with van der Waals surface area (Å²) in [7, 11) is 1.36. The SMILES string of the molecule is Cc1cccpc1C. The molecule has 0 N–H and O–H groups in total. The van der Waals surface area contributed by atoms with Gasteiger partial charge in [-0.05, 0) is 30.5 Å². The maximum atomic E-state index is 2.16. The summed E-state index contributed by atoms with van der Waals surface area (Å²) in [5.74, 6) is 2.16. The van der Waals surface area contributed by atoms with Crippen molar-refractivity contribution >= 4 is 8.19 Å². The molecule has 0 aliphatic rings. The van der Waals surface area contributed by atoms with Gasteiger partial charge in [-0.25, -0.2) is 0 Å². The fourth-order valence-electron chi connectivity index (χ4n) is 0.565. The molecule has 0 unspecified atom stereocenters. The maximum absolute atomic E-state index is 2.16. The molecule has 0 spiro atoms. The van der Waals surface area contributed by atoms with Gasteiger partial charge in [-0.1, -0.05) is 20.3 Å². The first-order valence-corrected chi connectivity index (χ1v) is 3.65. The van der Waals surface area contributed by atoms with Crippen molar-refractivity contribution in [2.75, 3.05) is 0 Å². The monoisotopic (exact) mass is 124 g/mol. The Balaban J connectivity index is 3.13. The zero-order chi connectivity index (χ0) is 5.98. The smallest absolute Gasteiger partial charge is 0.0208 e. The summed E-state index contributed by atoms with van der Waals surface area (Å²) in [6.45, 7) is 4.31. The van der Waals surface area contributed by atoms with E-state index in [1.807, 2.05) is 0 Å². The average Bonchev–Trinajstić information content (AvgIpc) is 1.77. The van der Waals surface area contributed by atoms with E-state index < -0.39 is 0 Å². The molecule has 0 saturated carbocycles. The molecule has 0 aromatic carbocycles. The summed E-state index contributed by atoms with van der Waals surface area (Å²) in [6.07, 6.45) is 0. The van der Waals surface area contributed by atoms with Gasteiger partial charge in [-0.3, -0.25) is 0 Å². The van der Waals surface area contributed by atoms with E-state index in [1.54, 1.807) is 0 Å². The van der Waals surface area contributed by atoms with Crippen LogP contribution >= 0.6 is 8.19 Å². The topological polar surface area (TPSA) is 0 Å². The molecule has 0 aliphatic heterocycles. The second-order valence-electron chi connectivity index (χ2n) is 1.91. The molecule has 0 saturated heterocycles. The van der Waals surface area contributed by atoms with Crippen molar-refractivity contribution in [3.63, 3.8) is 0 Å². The Bertz CT molecular complexity index is 160. The highest BCUT2D eigenvalue weighted by Gasteiger charge is 1.84. The van der Waals surface area contributed by atoms with Crippen LogP contribution in [-0.2, 0) is 0 Å². The largest absolute Gasteiger partial charge is 0.0729 e. The van der Waals surface area contributed by atoms with Crippen LogP contribution in [0.3, 0.4) is 0 Å². The summed E-state index contributed by atoms with van der Waals surface area (Å²) < 4.78 is 0. The van der Waals surface area contributed by atoms with Gasteiger partial charge in [-0.2, -0.15) is 0 Å². The van der Waals surface area contributed by atoms with E-state index in [-0.39, 0.29) is 0 Å². The molecule has 1 aromatic rings. The van der Waals surface area contributed by atoms with E-state index in [9.17, 15) is 0 Å². The summed E-state index contributed by atoms with van der Waals surface area (Å²) in [6, 6.07) is 4.25. The first kappa shape index (κ1) is 5.78. The van der Waals surface area contributed by atoms with Crippen LogP contribution in [0.25, 0.3) is 0 Å². The molecular formula is C7H9P. The highest BCUT2D eigenvalue weighted by molar-refractivity contribution is 7.30. The van der Waals surface area contributed by atoms with E-state index in [0.29, 0.717) is 0 Å². The van der Waals surface area contributed by atoms with Gasteiger partial charge in [0.1, 0.15) is 0 Å². The van der Waals surface area contributed by atoms with Gasteiger partial charge < -0.3 is 0 Å². The van der Waals surface area contributed by atoms with Gasteiger partial charge in [0.15, 0.2) is 0 Å². The van der Waals surface area contributed by atoms with Crippen molar-refractivity contribution in [2.45, 2.75) is 13.8 Å². The number of rotatable bonds is 0. The lowest BCUT2D eigenvalue weighted by molar-refractivity contribution is 1.42. The third kappa shape index (κ3) is 1.08. The minimum atomic E-state index is 1.36. The highest BCUT2D eigenvalue weighted by atomic mass is 31.0. The van der Waals surface area contributed by atoms with Gasteiger partial charge in [0.25, 0.3) is 0 Å². The van der Waals surface area contributed by atoms with E-state index >= 15 is 0 Å². The molecule has 0 radical (unpaired) electrons. The maximum Gasteiger partial charge on any atom is -0.0208 e. The Morgan fingerprint density at radius 2 is 2.12 bits per heavy atom. The minimum Gasteiger partial charge on any atom is -0.0729 e. The predicted molar refractivity (Wildman–Crippen MR) is 38.4 cm³/mol. The van der Waals surface area contributed by atoms with Crippen LogP contribution in [0.15, 0.2) is 17.9 Å². The average molecular weight is 124 g/mol. The predicted octanol–water partition coefficient (Wildman–Crippen LogP) is 2.88. The van der Waals surface area contributed by atoms with Gasteiger partial charge in [0.05, 0.1) is 0 Å². The van der Waals surface area contributed by atoms with Crippen LogP contribution in [0, 0.1) is 13.8 Å². The van der Waals surface area contributed by atoms with Crippen molar-refractivity contribution in [1.82, 2.24) is 0 Å². The fourth-order valence-corrected chi connectivity index (χ4v) is 1.24. The van der Waals surface area contributed by atoms with Crippen molar-refractivity contribution in [3.8, 4) is 0 Å². The standard InChI is InChI=1S/C7H9P/c1-6-4-3-5-8-7(6)2/h3-5H,1-2H3. The zero-order valence-corrected chi connectivity index (χ0v) is 6.07. The zero-order valence-electron chi connectivity index (χ0n) is 5.18. The van der Waals surface area contributed by atoms with Gasteiger partial charge in [0.2, 0.25) is 0 Å². The van der Waals surface area contributed by atoms with Crippen molar-refractivity contribution in [3.05, 3.63) is 28.8 Å². The van der Waals surface area contributed by atoms with Crippen LogP contribution in [-0.4, -0.2) is 0 Å². The first-order valence-electron chi connectivity index (χ1n) is 2.69. The van der Waals surface area contributed by atoms with Crippen LogP contribution in [0.5, 0.6) is 0 Å². The molecule has 1 heterocycles. The molecule has 8 heavy (non-hydrogen) atoms. The van der Waals surface area contributed by atoms with Gasteiger partial charge in [0, 0.05) is 0 Å². The quantitative estimate of drug-likeness (QED) is 0.498. The molecule has 0 fully saturated rings. The number of hydrogen-bond donors (Lipinski definition) is 0. The third-order valence-electron chi connectivity index (χ3n) is 1.27. The van der Waals surface area contributed by atoms with Crippen molar-refractivity contribution < 1.29 is 0 Å². The fraction of sp³-hybridized carbons (Fsp3) is 0.286. The number of aryl methyl sites for hydroxylation is 2. The summed E-state index contributed by atoms with van der Waals surface area (Å²) in [4.78, 5) is 0. The normalized spacial score (nSPS) is 10.2. The highest BCUT2D eigenvalue weighted by Crippen LogP contribution is 2.15. The Kier molecular flexibility index (Phi) is 1.65. The second-order valence-corrected chi connectivity index (χ2v) is 3.13. The van der Waals surface area contributed by atoms with E-state index in [1.165, 1.54) is 19.1 Å². The van der Waals surface area contributed by atoms with Gasteiger partial charge in [-0.15, -0.1) is 0 Å². The van der Waals surface area contributed by atoms with Crippen molar-refractivity contribution in [2.24, 2.45) is 0 Å². The van der Waals surface area contributed by atoms with E-state index in [4.69, 9.17) is 0 Å². The molecule has 1 aromatic heterocycles. The Hall–Kier alpha value is -0.350. The Morgan fingerprint density at radius 1 is 1.38 bits per heavy atom. The third-order valence-corrected chi connectivity index (χ3v) is 2.33. The van der Waals surface area contributed by atoms with E-state index in [2.05, 4.69) is 31.8 Å². The van der Waals surface area contributed by atoms with Crippen LogP contribution in [0.1, 0.15) is 10.9 Å². The molecule has 0 bridgehead atoms. The second kappa shape index (κ2) is 2.28. The van der Waals surface area contributed by atoms with E-state index in [0.717, 1.165) is 0 Å². The molecule has 0 amide bonds. The minimum absolute atomic E-state index is 1.36.